The Bertz CT molecular complexity index is 1110. The highest BCUT2D eigenvalue weighted by Crippen LogP contribution is 2.24. The second kappa shape index (κ2) is 6.72. The van der Waals surface area contributed by atoms with Crippen molar-refractivity contribution in [2.24, 2.45) is 0 Å². The SMILES string of the molecule is O=C(O)CCCc1nc2ccccc2c2nc(-c3ccc(Cl)cc3)nn12. The Morgan fingerprint density at radius 3 is 2.62 bits per heavy atom. The van der Waals surface area contributed by atoms with E-state index >= 15 is 0 Å². The van der Waals surface area contributed by atoms with Gasteiger partial charge in [0.25, 0.3) is 0 Å². The van der Waals surface area contributed by atoms with Crippen molar-refractivity contribution in [1.29, 1.82) is 0 Å². The van der Waals surface area contributed by atoms with E-state index in [-0.39, 0.29) is 6.42 Å². The number of aromatic nitrogens is 4. The van der Waals surface area contributed by atoms with Gasteiger partial charge in [-0.2, -0.15) is 4.52 Å². The summed E-state index contributed by atoms with van der Waals surface area (Å²) < 4.78 is 1.72. The van der Waals surface area contributed by atoms with Crippen LogP contribution in [0.25, 0.3) is 27.9 Å². The molecule has 26 heavy (non-hydrogen) atoms. The van der Waals surface area contributed by atoms with Crippen molar-refractivity contribution in [3.8, 4) is 11.4 Å². The smallest absolute Gasteiger partial charge is 0.303 e. The summed E-state index contributed by atoms with van der Waals surface area (Å²) in [6, 6.07) is 15.1. The molecule has 7 heteroatoms. The number of halogens is 1. The summed E-state index contributed by atoms with van der Waals surface area (Å²) in [5.41, 5.74) is 2.39. The fourth-order valence-electron chi connectivity index (χ4n) is 2.89. The third-order valence-electron chi connectivity index (χ3n) is 4.14. The number of para-hydroxylation sites is 1. The number of nitrogens with zero attached hydrogens (tertiary/aromatic N) is 4. The lowest BCUT2D eigenvalue weighted by atomic mass is 10.2. The maximum atomic E-state index is 10.8. The molecule has 0 aliphatic carbocycles. The van der Waals surface area contributed by atoms with Gasteiger partial charge >= 0.3 is 5.97 Å². The van der Waals surface area contributed by atoms with Gasteiger partial charge in [-0.25, -0.2) is 9.97 Å². The van der Waals surface area contributed by atoms with Crippen molar-refractivity contribution >= 4 is 34.1 Å². The molecule has 0 saturated carbocycles. The van der Waals surface area contributed by atoms with Crippen LogP contribution in [0.3, 0.4) is 0 Å². The summed E-state index contributed by atoms with van der Waals surface area (Å²) in [4.78, 5) is 20.2. The first-order chi connectivity index (χ1) is 12.6. The lowest BCUT2D eigenvalue weighted by Gasteiger charge is -2.05. The average Bonchev–Trinajstić information content (AvgIpc) is 3.08. The van der Waals surface area contributed by atoms with E-state index in [9.17, 15) is 4.79 Å². The van der Waals surface area contributed by atoms with E-state index in [1.54, 1.807) is 16.6 Å². The van der Waals surface area contributed by atoms with Crippen molar-refractivity contribution in [2.75, 3.05) is 0 Å². The Morgan fingerprint density at radius 1 is 1.08 bits per heavy atom. The molecule has 0 saturated heterocycles. The second-order valence-electron chi connectivity index (χ2n) is 5.97. The molecule has 0 unspecified atom stereocenters. The minimum absolute atomic E-state index is 0.0920. The topological polar surface area (TPSA) is 80.4 Å². The molecule has 0 radical (unpaired) electrons. The minimum Gasteiger partial charge on any atom is -0.481 e. The first kappa shape index (κ1) is 16.5. The summed E-state index contributed by atoms with van der Waals surface area (Å²) in [6.45, 7) is 0. The lowest BCUT2D eigenvalue weighted by Crippen LogP contribution is -2.05. The molecule has 0 atom stereocenters. The van der Waals surface area contributed by atoms with E-state index in [1.807, 2.05) is 36.4 Å². The van der Waals surface area contributed by atoms with Crippen LogP contribution >= 0.6 is 11.6 Å². The minimum atomic E-state index is -0.817. The van der Waals surface area contributed by atoms with Crippen LogP contribution in [0.4, 0.5) is 0 Å². The largest absolute Gasteiger partial charge is 0.481 e. The van der Waals surface area contributed by atoms with Crippen molar-refractivity contribution in [1.82, 2.24) is 19.6 Å². The second-order valence-corrected chi connectivity index (χ2v) is 6.41. The number of hydrogen-bond donors (Lipinski definition) is 1. The van der Waals surface area contributed by atoms with Gasteiger partial charge in [0.05, 0.1) is 5.52 Å². The molecule has 0 aliphatic rings. The van der Waals surface area contributed by atoms with E-state index in [1.165, 1.54) is 0 Å². The van der Waals surface area contributed by atoms with Gasteiger partial charge in [-0.05, 0) is 42.8 Å². The normalized spacial score (nSPS) is 11.3. The quantitative estimate of drug-likeness (QED) is 0.577. The molecule has 2 heterocycles. The number of carboxylic acids is 1. The van der Waals surface area contributed by atoms with Gasteiger partial charge < -0.3 is 5.11 Å². The van der Waals surface area contributed by atoms with Crippen molar-refractivity contribution in [2.45, 2.75) is 19.3 Å². The summed E-state index contributed by atoms with van der Waals surface area (Å²) in [7, 11) is 0. The standard InChI is InChI=1S/C19H15ClN4O2/c20-13-10-8-12(9-11-13)18-22-19-14-4-1-2-5-15(14)21-16(24(19)23-18)6-3-7-17(25)26/h1-2,4-5,8-11H,3,6-7H2,(H,25,26). The molecule has 0 amide bonds. The molecular formula is C19H15ClN4O2. The van der Waals surface area contributed by atoms with Crippen molar-refractivity contribution < 1.29 is 9.90 Å². The summed E-state index contributed by atoms with van der Waals surface area (Å²) >= 11 is 5.96. The molecule has 2 aromatic heterocycles. The van der Waals surface area contributed by atoms with Crippen LogP contribution in [0.1, 0.15) is 18.7 Å². The highest BCUT2D eigenvalue weighted by Gasteiger charge is 2.14. The number of benzene rings is 2. The summed E-state index contributed by atoms with van der Waals surface area (Å²) in [5, 5.41) is 15.1. The zero-order chi connectivity index (χ0) is 18.1. The molecule has 1 N–H and O–H groups in total. The molecule has 4 aromatic rings. The predicted octanol–water partition coefficient (Wildman–Crippen LogP) is 4.01. The Hall–Kier alpha value is -2.99. The third-order valence-corrected chi connectivity index (χ3v) is 4.39. The van der Waals surface area contributed by atoms with Gasteiger partial charge in [-0.1, -0.05) is 23.7 Å². The first-order valence-corrected chi connectivity index (χ1v) is 8.62. The average molecular weight is 367 g/mol. The Balaban J connectivity index is 1.86. The first-order valence-electron chi connectivity index (χ1n) is 8.24. The number of carbonyl (C=O) groups is 1. The highest BCUT2D eigenvalue weighted by molar-refractivity contribution is 6.30. The number of hydrogen-bond acceptors (Lipinski definition) is 4. The van der Waals surface area contributed by atoms with Gasteiger partial charge in [0, 0.05) is 28.8 Å². The van der Waals surface area contributed by atoms with Gasteiger partial charge in [0.1, 0.15) is 5.82 Å². The van der Waals surface area contributed by atoms with Crippen molar-refractivity contribution in [3.05, 3.63) is 59.4 Å². The number of rotatable bonds is 5. The highest BCUT2D eigenvalue weighted by atomic mass is 35.5. The predicted molar refractivity (Wildman–Crippen MR) is 99.3 cm³/mol. The number of aliphatic carboxylic acids is 1. The molecular weight excluding hydrogens is 352 g/mol. The molecule has 6 nitrogen and oxygen atoms in total. The molecule has 4 rings (SSSR count). The summed E-state index contributed by atoms with van der Waals surface area (Å²) in [6.07, 6.45) is 1.09. The zero-order valence-electron chi connectivity index (χ0n) is 13.8. The van der Waals surface area contributed by atoms with Crippen LogP contribution in [-0.2, 0) is 11.2 Å². The lowest BCUT2D eigenvalue weighted by molar-refractivity contribution is -0.137. The fourth-order valence-corrected chi connectivity index (χ4v) is 3.02. The van der Waals surface area contributed by atoms with Crippen LogP contribution < -0.4 is 0 Å². The molecule has 130 valence electrons. The van der Waals surface area contributed by atoms with Gasteiger partial charge in [-0.3, -0.25) is 4.79 Å². The van der Waals surface area contributed by atoms with E-state index < -0.39 is 5.97 Å². The van der Waals surface area contributed by atoms with Gasteiger partial charge in [0.15, 0.2) is 11.5 Å². The number of fused-ring (bicyclic) bond motifs is 3. The van der Waals surface area contributed by atoms with E-state index in [4.69, 9.17) is 21.7 Å². The Morgan fingerprint density at radius 2 is 1.85 bits per heavy atom. The van der Waals surface area contributed by atoms with E-state index in [0.717, 1.165) is 16.5 Å². The van der Waals surface area contributed by atoms with Crippen LogP contribution in [0.15, 0.2) is 48.5 Å². The number of carboxylic acid groups (broad SMARTS) is 1. The molecule has 0 bridgehead atoms. The van der Waals surface area contributed by atoms with E-state index in [2.05, 4.69) is 10.1 Å². The maximum absolute atomic E-state index is 10.8. The Kier molecular flexibility index (Phi) is 4.26. The Labute approximate surface area is 154 Å². The monoisotopic (exact) mass is 366 g/mol. The number of aryl methyl sites for hydroxylation is 1. The van der Waals surface area contributed by atoms with Crippen LogP contribution in [0.2, 0.25) is 5.02 Å². The van der Waals surface area contributed by atoms with Crippen LogP contribution in [0.5, 0.6) is 0 Å². The summed E-state index contributed by atoms with van der Waals surface area (Å²) in [5.74, 6) is 0.467. The van der Waals surface area contributed by atoms with Crippen LogP contribution in [-0.4, -0.2) is 30.7 Å². The maximum Gasteiger partial charge on any atom is 0.303 e. The molecule has 0 fully saturated rings. The van der Waals surface area contributed by atoms with Crippen LogP contribution in [0, 0.1) is 0 Å². The van der Waals surface area contributed by atoms with Gasteiger partial charge in [0.2, 0.25) is 0 Å². The fraction of sp³-hybridized carbons (Fsp3) is 0.158. The zero-order valence-corrected chi connectivity index (χ0v) is 14.5. The third kappa shape index (κ3) is 3.11. The van der Waals surface area contributed by atoms with E-state index in [0.29, 0.717) is 35.2 Å². The van der Waals surface area contributed by atoms with Gasteiger partial charge in [-0.15, -0.1) is 5.10 Å². The molecule has 2 aromatic carbocycles. The molecule has 0 aliphatic heterocycles. The molecule has 0 spiro atoms. The van der Waals surface area contributed by atoms with Crippen molar-refractivity contribution in [3.63, 3.8) is 0 Å².